The van der Waals surface area contributed by atoms with E-state index in [-0.39, 0.29) is 0 Å². The van der Waals surface area contributed by atoms with Gasteiger partial charge in [0.1, 0.15) is 11.5 Å². The topological polar surface area (TPSA) is 13.1 Å². The highest BCUT2D eigenvalue weighted by atomic mass is 19.4. The van der Waals surface area contributed by atoms with E-state index in [2.05, 4.69) is 0 Å². The molecule has 3 rings (SSSR count). The molecule has 112 valence electrons. The largest absolute Gasteiger partial charge is 0.456 e. The van der Waals surface area contributed by atoms with E-state index in [4.69, 9.17) is 4.42 Å². The third kappa shape index (κ3) is 2.91. The first-order valence-electron chi connectivity index (χ1n) is 6.78. The Morgan fingerprint density at radius 2 is 1.41 bits per heavy atom. The highest BCUT2D eigenvalue weighted by Crippen LogP contribution is 2.33. The van der Waals surface area contributed by atoms with Crippen molar-refractivity contribution in [3.05, 3.63) is 71.8 Å². The lowest BCUT2D eigenvalue weighted by molar-refractivity contribution is -0.137. The fourth-order valence-corrected chi connectivity index (χ4v) is 2.27. The fourth-order valence-electron chi connectivity index (χ4n) is 2.27. The minimum atomic E-state index is -4.32. The van der Waals surface area contributed by atoms with E-state index in [0.717, 1.165) is 23.3 Å². The molecular formula is C18H13F3O. The maximum Gasteiger partial charge on any atom is 0.416 e. The van der Waals surface area contributed by atoms with Crippen LogP contribution in [0.15, 0.2) is 65.1 Å². The summed E-state index contributed by atoms with van der Waals surface area (Å²) >= 11 is 0. The van der Waals surface area contributed by atoms with Gasteiger partial charge in [0.2, 0.25) is 0 Å². The van der Waals surface area contributed by atoms with Crippen molar-refractivity contribution in [2.75, 3.05) is 0 Å². The van der Waals surface area contributed by atoms with Gasteiger partial charge in [-0.1, -0.05) is 35.9 Å². The molecule has 0 atom stereocenters. The quantitative estimate of drug-likeness (QED) is 0.571. The number of furan rings is 1. The van der Waals surface area contributed by atoms with Gasteiger partial charge in [-0.3, -0.25) is 0 Å². The average molecular weight is 302 g/mol. The van der Waals surface area contributed by atoms with E-state index in [1.165, 1.54) is 12.1 Å². The predicted molar refractivity (Wildman–Crippen MR) is 79.3 cm³/mol. The summed E-state index contributed by atoms with van der Waals surface area (Å²) in [6.07, 6.45) is -4.32. The summed E-state index contributed by atoms with van der Waals surface area (Å²) in [7, 11) is 0. The summed E-state index contributed by atoms with van der Waals surface area (Å²) in [6.45, 7) is 1.99. The van der Waals surface area contributed by atoms with Crippen LogP contribution in [0, 0.1) is 6.92 Å². The molecule has 0 spiro atoms. The molecule has 0 fully saturated rings. The molecule has 0 unspecified atom stereocenters. The van der Waals surface area contributed by atoms with Crippen molar-refractivity contribution in [2.24, 2.45) is 0 Å². The number of benzene rings is 2. The van der Waals surface area contributed by atoms with Crippen LogP contribution >= 0.6 is 0 Å². The van der Waals surface area contributed by atoms with Crippen molar-refractivity contribution in [3.63, 3.8) is 0 Å². The third-order valence-electron chi connectivity index (χ3n) is 3.41. The Kier molecular flexibility index (Phi) is 3.53. The van der Waals surface area contributed by atoms with Gasteiger partial charge >= 0.3 is 6.18 Å². The lowest BCUT2D eigenvalue weighted by atomic mass is 10.1. The second kappa shape index (κ2) is 5.37. The molecule has 4 heteroatoms. The summed E-state index contributed by atoms with van der Waals surface area (Å²) in [5.41, 5.74) is 2.01. The first-order valence-corrected chi connectivity index (χ1v) is 6.78. The number of rotatable bonds is 2. The van der Waals surface area contributed by atoms with Crippen molar-refractivity contribution in [1.29, 1.82) is 0 Å². The summed E-state index contributed by atoms with van der Waals surface area (Å²) in [5, 5.41) is 0. The molecule has 0 aliphatic carbocycles. The zero-order valence-electron chi connectivity index (χ0n) is 11.8. The van der Waals surface area contributed by atoms with E-state index >= 15 is 0 Å². The lowest BCUT2D eigenvalue weighted by Gasteiger charge is -2.06. The highest BCUT2D eigenvalue weighted by molar-refractivity contribution is 5.65. The number of hydrogen-bond donors (Lipinski definition) is 0. The van der Waals surface area contributed by atoms with Gasteiger partial charge in [-0.2, -0.15) is 13.2 Å². The molecule has 0 saturated carbocycles. The van der Waals surface area contributed by atoms with E-state index < -0.39 is 11.7 Å². The van der Waals surface area contributed by atoms with Gasteiger partial charge in [0.15, 0.2) is 0 Å². The van der Waals surface area contributed by atoms with Crippen molar-refractivity contribution < 1.29 is 17.6 Å². The predicted octanol–water partition coefficient (Wildman–Crippen LogP) is 5.94. The maximum atomic E-state index is 12.6. The standard InChI is InChI=1S/C18H13F3O/c1-12-3-2-4-14(11-12)17-10-9-16(22-17)13-5-7-15(8-6-13)18(19,20)21/h2-11H,1H3. The first kappa shape index (κ1) is 14.4. The van der Waals surface area contributed by atoms with Gasteiger partial charge in [-0.25, -0.2) is 0 Å². The van der Waals surface area contributed by atoms with Crippen LogP contribution in [0.5, 0.6) is 0 Å². The Balaban J connectivity index is 1.91. The van der Waals surface area contributed by atoms with Gasteiger partial charge in [-0.15, -0.1) is 0 Å². The molecule has 0 bridgehead atoms. The highest BCUT2D eigenvalue weighted by Gasteiger charge is 2.30. The van der Waals surface area contributed by atoms with Crippen molar-refractivity contribution in [1.82, 2.24) is 0 Å². The van der Waals surface area contributed by atoms with Crippen LogP contribution in [0.3, 0.4) is 0 Å². The third-order valence-corrected chi connectivity index (χ3v) is 3.41. The van der Waals surface area contributed by atoms with Crippen LogP contribution in [0.1, 0.15) is 11.1 Å². The molecule has 3 aromatic rings. The Hall–Kier alpha value is -2.49. The van der Waals surface area contributed by atoms with Crippen molar-refractivity contribution in [2.45, 2.75) is 13.1 Å². The lowest BCUT2D eigenvalue weighted by Crippen LogP contribution is -2.03. The first-order chi connectivity index (χ1) is 10.4. The van der Waals surface area contributed by atoms with Gasteiger partial charge < -0.3 is 4.42 Å². The molecule has 0 N–H and O–H groups in total. The Labute approximate surface area is 126 Å². The molecule has 1 heterocycles. The number of aryl methyl sites for hydroxylation is 1. The van der Waals surface area contributed by atoms with Crippen LogP contribution in [0.2, 0.25) is 0 Å². The molecule has 0 amide bonds. The smallest absolute Gasteiger partial charge is 0.416 e. The number of halogens is 3. The normalized spacial score (nSPS) is 11.6. The van der Waals surface area contributed by atoms with Crippen LogP contribution < -0.4 is 0 Å². The second-order valence-corrected chi connectivity index (χ2v) is 5.11. The van der Waals surface area contributed by atoms with Gasteiger partial charge in [0, 0.05) is 11.1 Å². The maximum absolute atomic E-state index is 12.6. The van der Waals surface area contributed by atoms with Crippen LogP contribution in [0.4, 0.5) is 13.2 Å². The average Bonchev–Trinajstić information content (AvgIpc) is 2.96. The molecule has 1 nitrogen and oxygen atoms in total. The minimum Gasteiger partial charge on any atom is -0.456 e. The number of hydrogen-bond acceptors (Lipinski definition) is 1. The summed E-state index contributed by atoms with van der Waals surface area (Å²) in [5.74, 6) is 1.24. The second-order valence-electron chi connectivity index (χ2n) is 5.11. The summed E-state index contributed by atoms with van der Waals surface area (Å²) < 4.78 is 43.4. The SMILES string of the molecule is Cc1cccc(-c2ccc(-c3ccc(C(F)(F)F)cc3)o2)c1. The van der Waals surface area contributed by atoms with Gasteiger partial charge in [-0.05, 0) is 37.3 Å². The molecule has 0 aliphatic rings. The van der Waals surface area contributed by atoms with Crippen molar-refractivity contribution in [3.8, 4) is 22.6 Å². The van der Waals surface area contributed by atoms with E-state index in [1.807, 2.05) is 37.3 Å². The Bertz CT molecular complexity index is 783. The molecular weight excluding hydrogens is 289 g/mol. The molecule has 2 aromatic carbocycles. The summed E-state index contributed by atoms with van der Waals surface area (Å²) in [4.78, 5) is 0. The Morgan fingerprint density at radius 3 is 2.00 bits per heavy atom. The number of alkyl halides is 3. The molecule has 1 aromatic heterocycles. The van der Waals surface area contributed by atoms with Crippen LogP contribution in [0.25, 0.3) is 22.6 Å². The van der Waals surface area contributed by atoms with Gasteiger partial charge in [0.25, 0.3) is 0 Å². The van der Waals surface area contributed by atoms with Crippen LogP contribution in [-0.4, -0.2) is 0 Å². The fraction of sp³-hybridized carbons (Fsp3) is 0.111. The van der Waals surface area contributed by atoms with E-state index in [9.17, 15) is 13.2 Å². The zero-order valence-corrected chi connectivity index (χ0v) is 11.8. The van der Waals surface area contributed by atoms with Crippen LogP contribution in [-0.2, 0) is 6.18 Å². The molecule has 22 heavy (non-hydrogen) atoms. The van der Waals surface area contributed by atoms with Crippen molar-refractivity contribution >= 4 is 0 Å². The van der Waals surface area contributed by atoms with E-state index in [1.54, 1.807) is 6.07 Å². The Morgan fingerprint density at radius 1 is 0.773 bits per heavy atom. The summed E-state index contributed by atoms with van der Waals surface area (Å²) in [6, 6.07) is 16.4. The molecule has 0 saturated heterocycles. The molecule has 0 aliphatic heterocycles. The van der Waals surface area contributed by atoms with E-state index in [0.29, 0.717) is 17.1 Å². The monoisotopic (exact) mass is 302 g/mol. The minimum absolute atomic E-state index is 0.547. The molecule has 0 radical (unpaired) electrons. The zero-order chi connectivity index (χ0) is 15.7. The van der Waals surface area contributed by atoms with Gasteiger partial charge in [0.05, 0.1) is 5.56 Å².